The molecule has 1 N–H and O–H groups in total. The maximum atomic E-state index is 14.9. The Balaban J connectivity index is 1.67. The largest absolute Gasteiger partial charge is 0.417 e. The van der Waals surface area contributed by atoms with Crippen LogP contribution in [0.5, 0.6) is 0 Å². The molecule has 1 saturated heterocycles. The maximum Gasteiger partial charge on any atom is 0.417 e. The van der Waals surface area contributed by atoms with E-state index in [1.165, 1.54) is 23.8 Å². The normalized spacial score (nSPS) is 17.3. The summed E-state index contributed by atoms with van der Waals surface area (Å²) < 4.78 is 65.9. The molecule has 6 rings (SSSR count). The van der Waals surface area contributed by atoms with Crippen molar-refractivity contribution in [1.82, 2.24) is 19.4 Å². The molecular weight excluding hydrogens is 598 g/mol. The summed E-state index contributed by atoms with van der Waals surface area (Å²) in [6.45, 7) is 4.65. The minimum Gasteiger partial charge on any atom is -0.383 e. The number of fused-ring (bicyclic) bond motifs is 1. The van der Waals surface area contributed by atoms with Crippen LogP contribution in [-0.2, 0) is 15.7 Å². The first-order valence-electron chi connectivity index (χ1n) is 12.8. The average molecular weight is 622 g/mol. The second-order valence-electron chi connectivity index (χ2n) is 9.86. The third-order valence-electron chi connectivity index (χ3n) is 7.46. The monoisotopic (exact) mass is 621 g/mol. The first-order valence-corrected chi connectivity index (χ1v) is 14.6. The van der Waals surface area contributed by atoms with Gasteiger partial charge in [-0.25, -0.2) is 9.18 Å². The van der Waals surface area contributed by atoms with Crippen molar-refractivity contribution in [2.24, 2.45) is 0 Å². The number of carbonyl (C=O) groups is 1. The molecule has 15 heteroatoms. The van der Waals surface area contributed by atoms with Crippen LogP contribution in [0.4, 0.5) is 23.4 Å². The maximum absolute atomic E-state index is 14.9. The van der Waals surface area contributed by atoms with Crippen LogP contribution in [0.15, 0.2) is 45.3 Å². The minimum atomic E-state index is -4.85. The van der Waals surface area contributed by atoms with Crippen LogP contribution in [0, 0.1) is 5.82 Å². The Morgan fingerprint density at radius 1 is 1.24 bits per heavy atom. The van der Waals surface area contributed by atoms with Crippen molar-refractivity contribution in [3.05, 3.63) is 62.4 Å². The van der Waals surface area contributed by atoms with Gasteiger partial charge in [-0.3, -0.25) is 14.2 Å². The summed E-state index contributed by atoms with van der Waals surface area (Å²) in [5.41, 5.74) is -1.69. The summed E-state index contributed by atoms with van der Waals surface area (Å²) in [6, 6.07) is 2.72. The third-order valence-corrected chi connectivity index (χ3v) is 9.59. The van der Waals surface area contributed by atoms with Gasteiger partial charge in [0, 0.05) is 60.5 Å². The number of thioether (sulfide) groups is 1. The number of aromatic nitrogens is 3. The number of rotatable bonds is 5. The van der Waals surface area contributed by atoms with Gasteiger partial charge in [-0.1, -0.05) is 17.9 Å². The number of carbonyl (C=O) groups excluding carboxylic acids is 1. The van der Waals surface area contributed by atoms with Crippen LogP contribution in [0.3, 0.4) is 0 Å². The molecule has 0 unspecified atom stereocenters. The predicted octanol–water partition coefficient (Wildman–Crippen LogP) is 4.25. The molecule has 2 aromatic heterocycles. The van der Waals surface area contributed by atoms with Crippen molar-refractivity contribution in [3.63, 3.8) is 0 Å². The van der Waals surface area contributed by atoms with Gasteiger partial charge in [0.05, 0.1) is 33.9 Å². The molecule has 0 aliphatic carbocycles. The Labute approximate surface area is 243 Å². The fourth-order valence-electron chi connectivity index (χ4n) is 5.62. The molecule has 2 aromatic carbocycles. The molecule has 42 heavy (non-hydrogen) atoms. The summed E-state index contributed by atoms with van der Waals surface area (Å²) in [7, 11) is 1.47. The van der Waals surface area contributed by atoms with Gasteiger partial charge in [-0.05, 0) is 24.3 Å². The van der Waals surface area contributed by atoms with Crippen LogP contribution in [0.1, 0.15) is 11.6 Å². The summed E-state index contributed by atoms with van der Waals surface area (Å²) in [5.74, 6) is -0.690. The molecule has 1 atom stereocenters. The number of piperazine rings is 1. The van der Waals surface area contributed by atoms with E-state index >= 15 is 0 Å². The van der Waals surface area contributed by atoms with Gasteiger partial charge < -0.3 is 19.5 Å². The Bertz CT molecular complexity index is 1880. The molecule has 4 aromatic rings. The number of methoxy groups -OCH3 is 1. The molecule has 2 aliphatic rings. The Morgan fingerprint density at radius 3 is 2.64 bits per heavy atom. The number of aromatic amines is 1. The molecule has 0 saturated carbocycles. The summed E-state index contributed by atoms with van der Waals surface area (Å²) in [5, 5.41) is 0.120. The highest BCUT2D eigenvalue weighted by atomic mass is 32.2. The van der Waals surface area contributed by atoms with E-state index in [0.29, 0.717) is 11.3 Å². The molecule has 1 fully saturated rings. The zero-order valence-corrected chi connectivity index (χ0v) is 23.7. The molecule has 0 spiro atoms. The number of hydrogen-bond donors (Lipinski definition) is 1. The molecular formula is C27H23F4N5O4S2. The molecule has 2 aliphatic heterocycles. The van der Waals surface area contributed by atoms with Crippen LogP contribution in [-0.4, -0.2) is 71.0 Å². The van der Waals surface area contributed by atoms with E-state index in [1.807, 2.05) is 0 Å². The Morgan fingerprint density at radius 2 is 1.98 bits per heavy atom. The van der Waals surface area contributed by atoms with E-state index in [4.69, 9.17) is 4.74 Å². The zero-order valence-electron chi connectivity index (χ0n) is 22.1. The van der Waals surface area contributed by atoms with E-state index in [1.54, 1.807) is 9.80 Å². The highest BCUT2D eigenvalue weighted by Gasteiger charge is 2.40. The van der Waals surface area contributed by atoms with Gasteiger partial charge >= 0.3 is 16.7 Å². The number of ether oxygens (including phenoxy) is 1. The van der Waals surface area contributed by atoms with E-state index in [-0.39, 0.29) is 87.4 Å². The first kappa shape index (κ1) is 28.4. The van der Waals surface area contributed by atoms with E-state index in [2.05, 4.69) is 16.5 Å². The lowest BCUT2D eigenvalue weighted by atomic mass is 9.95. The lowest BCUT2D eigenvalue weighted by molar-refractivity contribution is -0.137. The fourth-order valence-corrected chi connectivity index (χ4v) is 7.70. The van der Waals surface area contributed by atoms with E-state index < -0.39 is 34.2 Å². The number of hydrogen-bond acceptors (Lipinski definition) is 8. The van der Waals surface area contributed by atoms with Gasteiger partial charge in [-0.15, -0.1) is 11.8 Å². The summed E-state index contributed by atoms with van der Waals surface area (Å²) in [4.78, 5) is 47.4. The topological polar surface area (TPSA) is 101 Å². The van der Waals surface area contributed by atoms with Gasteiger partial charge in [0.2, 0.25) is 5.91 Å². The predicted molar refractivity (Wildman–Crippen MR) is 153 cm³/mol. The lowest BCUT2D eigenvalue weighted by Crippen LogP contribution is -2.49. The standard InChI is InChI=1S/C27H23F4N5O4S2/c1-3-18(37)34-6-8-35(9-7-34)24-15-10-16(27(29,30)31)19(14-4-5-17(28)22-20(14)32-26(39)42-22)23-21(15)36(25(38)33-24)13(11-40-2)12-41-23/h3-5,10,13H,1,6-9,11-12H2,2H3,(H,32,39)/t13-/m0/s1. The summed E-state index contributed by atoms with van der Waals surface area (Å²) in [6.07, 6.45) is -3.66. The van der Waals surface area contributed by atoms with Crippen molar-refractivity contribution >= 4 is 55.9 Å². The first-order chi connectivity index (χ1) is 20.0. The van der Waals surface area contributed by atoms with Gasteiger partial charge in [-0.2, -0.15) is 18.2 Å². The quantitative estimate of drug-likeness (QED) is 0.263. The third kappa shape index (κ3) is 4.59. The Kier molecular flexibility index (Phi) is 7.14. The van der Waals surface area contributed by atoms with Crippen molar-refractivity contribution in [2.45, 2.75) is 17.1 Å². The zero-order chi connectivity index (χ0) is 29.9. The lowest BCUT2D eigenvalue weighted by Gasteiger charge is -2.36. The highest BCUT2D eigenvalue weighted by Crippen LogP contribution is 2.51. The molecule has 4 heterocycles. The number of halogens is 4. The van der Waals surface area contributed by atoms with Crippen LogP contribution >= 0.6 is 23.1 Å². The number of nitrogens with one attached hydrogen (secondary N) is 1. The number of thiazole rings is 1. The van der Waals surface area contributed by atoms with Crippen molar-refractivity contribution in [2.75, 3.05) is 50.5 Å². The number of alkyl halides is 3. The van der Waals surface area contributed by atoms with Gasteiger partial charge in [0.25, 0.3) is 0 Å². The summed E-state index contributed by atoms with van der Waals surface area (Å²) >= 11 is 1.71. The molecule has 0 bridgehead atoms. The number of anilines is 1. The van der Waals surface area contributed by atoms with Crippen molar-refractivity contribution < 1.29 is 27.1 Å². The molecule has 0 radical (unpaired) electrons. The molecule has 220 valence electrons. The fraction of sp³-hybridized carbons (Fsp3) is 0.333. The number of amides is 1. The van der Waals surface area contributed by atoms with Gasteiger partial charge in [0.1, 0.15) is 11.6 Å². The molecule has 1 amide bonds. The number of H-pyrrole nitrogens is 1. The Hall–Kier alpha value is -3.69. The van der Waals surface area contributed by atoms with Crippen molar-refractivity contribution in [3.8, 4) is 11.1 Å². The smallest absolute Gasteiger partial charge is 0.383 e. The second kappa shape index (κ2) is 10.5. The molecule has 9 nitrogen and oxygen atoms in total. The van der Waals surface area contributed by atoms with Crippen LogP contribution in [0.25, 0.3) is 32.2 Å². The number of benzene rings is 2. The van der Waals surface area contributed by atoms with E-state index in [9.17, 15) is 31.9 Å². The van der Waals surface area contributed by atoms with Crippen molar-refractivity contribution in [1.29, 1.82) is 0 Å². The van der Waals surface area contributed by atoms with Gasteiger partial charge in [0.15, 0.2) is 0 Å². The minimum absolute atomic E-state index is 0.000537. The number of nitrogens with zero attached hydrogens (tertiary/aromatic N) is 4. The average Bonchev–Trinajstić information content (AvgIpc) is 3.37. The highest BCUT2D eigenvalue weighted by molar-refractivity contribution is 7.99. The van der Waals surface area contributed by atoms with Crippen LogP contribution < -0.4 is 15.5 Å². The second-order valence-corrected chi connectivity index (χ2v) is 11.9. The van der Waals surface area contributed by atoms with E-state index in [0.717, 1.165) is 23.9 Å². The van der Waals surface area contributed by atoms with Crippen LogP contribution in [0.2, 0.25) is 0 Å². The SMILES string of the molecule is C=CC(=O)N1CCN(c2nc(=O)n3c4c(c(-c5ccc(F)c6sc(=O)[nH]c56)c(C(F)(F)F)cc24)SC[C@@H]3COC)CC1.